The minimum atomic E-state index is -0.474. The predicted octanol–water partition coefficient (Wildman–Crippen LogP) is 6.39. The molecule has 0 amide bonds. The number of Topliss-reactive ketones (excluding diaryl/α,β-unsaturated/α-hetero) is 1. The molecule has 2 aliphatic rings. The second-order valence-corrected chi connectivity index (χ2v) is 12.5. The lowest BCUT2D eigenvalue weighted by Gasteiger charge is -2.39. The molecule has 39 heavy (non-hydrogen) atoms. The number of fused-ring (bicyclic) bond motifs is 1. The van der Waals surface area contributed by atoms with Gasteiger partial charge in [-0.1, -0.05) is 12.1 Å². The van der Waals surface area contributed by atoms with E-state index in [0.717, 1.165) is 59.8 Å². The van der Waals surface area contributed by atoms with Crippen molar-refractivity contribution in [1.29, 1.82) is 0 Å². The molecule has 1 aliphatic carbocycles. The van der Waals surface area contributed by atoms with E-state index in [-0.39, 0.29) is 23.5 Å². The third-order valence-corrected chi connectivity index (χ3v) is 8.50. The Morgan fingerprint density at radius 2 is 1.97 bits per heavy atom. The maximum absolute atomic E-state index is 14.9. The number of nitrogens with one attached hydrogen (secondary N) is 1. The number of pyridine rings is 2. The average molecular weight is 545 g/mol. The molecule has 3 aromatic heterocycles. The summed E-state index contributed by atoms with van der Waals surface area (Å²) in [6.45, 7) is 8.36. The van der Waals surface area contributed by atoms with Crippen molar-refractivity contribution in [3.05, 3.63) is 71.8 Å². The zero-order chi connectivity index (χ0) is 27.0. The van der Waals surface area contributed by atoms with Gasteiger partial charge in [-0.15, -0.1) is 11.3 Å². The first-order valence-electron chi connectivity index (χ1n) is 13.6. The standard InChI is InChI=1S/C31H33FN4O2S/c1-31(2)19-36(12-11-35-31)18-22-5-7-25(34-17-22)29-16-26-30(39-29)28(9-10-33-26)38-27-8-6-21(15-24(27)32)14-23(37)13-20-3-4-20/h5-10,15-17,20,35H,3-4,11-14,18-19H2,1-2H3. The largest absolute Gasteiger partial charge is 0.453 e. The SMILES string of the molecule is CC1(C)CN(Cc2ccc(-c3cc4nccc(Oc5ccc(CC(=O)CC6CC6)cc5F)c4s3)nc2)CCN1. The van der Waals surface area contributed by atoms with Crippen LogP contribution in [0.1, 0.15) is 44.2 Å². The Labute approximate surface area is 232 Å². The fraction of sp³-hybridized carbons (Fsp3) is 0.387. The van der Waals surface area contributed by atoms with Gasteiger partial charge in [-0.05, 0) is 68.0 Å². The van der Waals surface area contributed by atoms with Crippen LogP contribution in [-0.4, -0.2) is 45.8 Å². The second kappa shape index (κ2) is 10.8. The number of piperazine rings is 1. The maximum atomic E-state index is 14.9. The first-order chi connectivity index (χ1) is 18.8. The van der Waals surface area contributed by atoms with Gasteiger partial charge >= 0.3 is 0 Å². The number of benzene rings is 1. The molecule has 1 aromatic carbocycles. The smallest absolute Gasteiger partial charge is 0.166 e. The molecule has 0 atom stereocenters. The minimum absolute atomic E-state index is 0.120. The van der Waals surface area contributed by atoms with Crippen LogP contribution in [0.25, 0.3) is 20.8 Å². The Bertz CT molecular complexity index is 1500. The van der Waals surface area contributed by atoms with E-state index in [1.165, 1.54) is 23.0 Å². The van der Waals surface area contributed by atoms with Crippen LogP contribution in [0.5, 0.6) is 11.5 Å². The predicted molar refractivity (Wildman–Crippen MR) is 153 cm³/mol. The van der Waals surface area contributed by atoms with Crippen LogP contribution in [0, 0.1) is 11.7 Å². The number of hydrogen-bond acceptors (Lipinski definition) is 7. The third-order valence-electron chi connectivity index (χ3n) is 7.34. The van der Waals surface area contributed by atoms with Crippen LogP contribution in [0.2, 0.25) is 0 Å². The van der Waals surface area contributed by atoms with E-state index in [1.807, 2.05) is 12.3 Å². The quantitative estimate of drug-likeness (QED) is 0.264. The number of carbonyl (C=O) groups excluding carboxylic acids is 1. The van der Waals surface area contributed by atoms with Crippen molar-refractivity contribution in [3.8, 4) is 22.1 Å². The van der Waals surface area contributed by atoms with Gasteiger partial charge in [0.2, 0.25) is 0 Å². The van der Waals surface area contributed by atoms with E-state index in [4.69, 9.17) is 9.72 Å². The summed E-state index contributed by atoms with van der Waals surface area (Å²) >= 11 is 1.53. The highest BCUT2D eigenvalue weighted by molar-refractivity contribution is 7.22. The van der Waals surface area contributed by atoms with Gasteiger partial charge < -0.3 is 10.1 Å². The number of thiophene rings is 1. The van der Waals surface area contributed by atoms with Gasteiger partial charge in [0.15, 0.2) is 11.6 Å². The molecular weight excluding hydrogens is 511 g/mol. The first-order valence-corrected chi connectivity index (χ1v) is 14.4. The summed E-state index contributed by atoms with van der Waals surface area (Å²) in [5.41, 5.74) is 3.64. The van der Waals surface area contributed by atoms with E-state index >= 15 is 0 Å². The van der Waals surface area contributed by atoms with Gasteiger partial charge in [0.25, 0.3) is 0 Å². The van der Waals surface area contributed by atoms with Crippen LogP contribution < -0.4 is 10.1 Å². The molecule has 1 saturated heterocycles. The van der Waals surface area contributed by atoms with Crippen LogP contribution >= 0.6 is 11.3 Å². The highest BCUT2D eigenvalue weighted by Crippen LogP contribution is 2.39. The number of nitrogens with zero attached hydrogens (tertiary/aromatic N) is 3. The molecular formula is C31H33FN4O2S. The molecule has 0 bridgehead atoms. The summed E-state index contributed by atoms with van der Waals surface area (Å²) in [6, 6.07) is 12.7. The van der Waals surface area contributed by atoms with Crippen molar-refractivity contribution in [1.82, 2.24) is 20.2 Å². The Kier molecular flexibility index (Phi) is 7.18. The van der Waals surface area contributed by atoms with E-state index in [0.29, 0.717) is 23.7 Å². The lowest BCUT2D eigenvalue weighted by atomic mass is 10.0. The summed E-state index contributed by atoms with van der Waals surface area (Å²) in [7, 11) is 0. The monoisotopic (exact) mass is 544 g/mol. The maximum Gasteiger partial charge on any atom is 0.166 e. The minimum Gasteiger partial charge on any atom is -0.453 e. The molecule has 1 saturated carbocycles. The lowest BCUT2D eigenvalue weighted by molar-refractivity contribution is -0.118. The van der Waals surface area contributed by atoms with Crippen LogP contribution in [-0.2, 0) is 17.8 Å². The zero-order valence-corrected chi connectivity index (χ0v) is 23.2. The molecule has 202 valence electrons. The molecule has 1 N–H and O–H groups in total. The highest BCUT2D eigenvalue weighted by atomic mass is 32.1. The molecule has 6 nitrogen and oxygen atoms in total. The molecule has 1 aliphatic heterocycles. The number of ketones is 1. The van der Waals surface area contributed by atoms with Gasteiger partial charge in [0.1, 0.15) is 11.5 Å². The van der Waals surface area contributed by atoms with Gasteiger partial charge in [-0.2, -0.15) is 0 Å². The zero-order valence-electron chi connectivity index (χ0n) is 22.4. The number of ether oxygens (including phenoxy) is 1. The van der Waals surface area contributed by atoms with Crippen molar-refractivity contribution in [3.63, 3.8) is 0 Å². The Morgan fingerprint density at radius 3 is 2.72 bits per heavy atom. The molecule has 0 radical (unpaired) electrons. The Balaban J connectivity index is 1.16. The number of aromatic nitrogens is 2. The Morgan fingerprint density at radius 1 is 1.13 bits per heavy atom. The van der Waals surface area contributed by atoms with Gasteiger partial charge in [-0.3, -0.25) is 19.7 Å². The van der Waals surface area contributed by atoms with Gasteiger partial charge in [-0.25, -0.2) is 4.39 Å². The summed E-state index contributed by atoms with van der Waals surface area (Å²) in [5, 5.41) is 3.55. The average Bonchev–Trinajstić information content (AvgIpc) is 3.59. The van der Waals surface area contributed by atoms with Crippen molar-refractivity contribution in [2.24, 2.45) is 5.92 Å². The number of rotatable bonds is 9. The molecule has 0 unspecified atom stereocenters. The molecule has 0 spiro atoms. The van der Waals surface area contributed by atoms with Gasteiger partial charge in [0.05, 0.1) is 20.8 Å². The van der Waals surface area contributed by atoms with Crippen LogP contribution in [0.15, 0.2) is 54.9 Å². The van der Waals surface area contributed by atoms with Crippen molar-refractivity contribution < 1.29 is 13.9 Å². The van der Waals surface area contributed by atoms with E-state index in [1.54, 1.807) is 24.4 Å². The highest BCUT2D eigenvalue weighted by Gasteiger charge is 2.26. The number of carbonyl (C=O) groups is 1. The van der Waals surface area contributed by atoms with Crippen molar-refractivity contribution in [2.75, 3.05) is 19.6 Å². The topological polar surface area (TPSA) is 67.4 Å². The summed E-state index contributed by atoms with van der Waals surface area (Å²) < 4.78 is 21.8. The first kappa shape index (κ1) is 26.0. The second-order valence-electron chi connectivity index (χ2n) is 11.4. The normalized spacial score (nSPS) is 17.4. The molecule has 2 fully saturated rings. The summed E-state index contributed by atoms with van der Waals surface area (Å²) in [5.74, 6) is 0.911. The van der Waals surface area contributed by atoms with E-state index in [9.17, 15) is 9.18 Å². The molecule has 4 aromatic rings. The fourth-order valence-corrected chi connectivity index (χ4v) is 6.27. The Hall–Kier alpha value is -3.20. The number of halogens is 1. The van der Waals surface area contributed by atoms with Gasteiger partial charge in [0, 0.05) is 63.0 Å². The van der Waals surface area contributed by atoms with Crippen LogP contribution in [0.3, 0.4) is 0 Å². The summed E-state index contributed by atoms with van der Waals surface area (Å²) in [4.78, 5) is 24.9. The molecule has 4 heterocycles. The third kappa shape index (κ3) is 6.35. The number of hydrogen-bond donors (Lipinski definition) is 1. The van der Waals surface area contributed by atoms with Crippen LogP contribution in [0.4, 0.5) is 4.39 Å². The lowest BCUT2D eigenvalue weighted by Crippen LogP contribution is -2.56. The molecule has 8 heteroatoms. The van der Waals surface area contributed by atoms with Crippen molar-refractivity contribution in [2.45, 2.75) is 51.6 Å². The fourth-order valence-electron chi connectivity index (χ4n) is 5.22. The summed E-state index contributed by atoms with van der Waals surface area (Å²) in [6.07, 6.45) is 6.75. The molecule has 6 rings (SSSR count). The van der Waals surface area contributed by atoms with E-state index in [2.05, 4.69) is 41.2 Å². The van der Waals surface area contributed by atoms with Crippen molar-refractivity contribution >= 4 is 27.3 Å². The van der Waals surface area contributed by atoms with E-state index < -0.39 is 5.82 Å².